The average molecular weight is 166 g/mol. The van der Waals surface area contributed by atoms with Gasteiger partial charge in [-0.2, -0.15) is 5.06 Å². The summed E-state index contributed by atoms with van der Waals surface area (Å²) in [6, 6.07) is 5.89. The van der Waals surface area contributed by atoms with Crippen LogP contribution in [0.1, 0.15) is 5.56 Å². The standard InChI is InChI=1S/C8H10N2O2/c1-6-2-4-7(5-3-6)10(12)8(9)11/h2-5,12H,1H3,(H2,9,11). The van der Waals surface area contributed by atoms with E-state index in [-0.39, 0.29) is 0 Å². The molecule has 0 saturated heterocycles. The summed E-state index contributed by atoms with van der Waals surface area (Å²) in [7, 11) is 0. The summed E-state index contributed by atoms with van der Waals surface area (Å²) in [6.45, 7) is 1.91. The largest absolute Gasteiger partial charge is 0.349 e. The summed E-state index contributed by atoms with van der Waals surface area (Å²) in [5.41, 5.74) is 6.26. The van der Waals surface area contributed by atoms with Crippen molar-refractivity contribution >= 4 is 11.7 Å². The number of nitrogens with two attached hydrogens (primary N) is 1. The van der Waals surface area contributed by atoms with Crippen molar-refractivity contribution in [2.75, 3.05) is 5.06 Å². The quantitative estimate of drug-likeness (QED) is 0.487. The molecule has 0 aliphatic rings. The van der Waals surface area contributed by atoms with Gasteiger partial charge in [0.25, 0.3) is 0 Å². The number of nitrogens with zero attached hydrogens (tertiary/aromatic N) is 1. The van der Waals surface area contributed by atoms with E-state index in [2.05, 4.69) is 0 Å². The van der Waals surface area contributed by atoms with E-state index >= 15 is 0 Å². The highest BCUT2D eigenvalue weighted by molar-refractivity contribution is 5.87. The van der Waals surface area contributed by atoms with Gasteiger partial charge >= 0.3 is 6.03 Å². The zero-order chi connectivity index (χ0) is 9.14. The molecule has 0 aromatic heterocycles. The third-order valence-corrected chi connectivity index (χ3v) is 1.49. The molecule has 64 valence electrons. The normalized spacial score (nSPS) is 9.50. The molecule has 2 amide bonds. The van der Waals surface area contributed by atoms with Crippen molar-refractivity contribution in [2.45, 2.75) is 6.92 Å². The van der Waals surface area contributed by atoms with Crippen molar-refractivity contribution in [1.82, 2.24) is 0 Å². The van der Waals surface area contributed by atoms with Gasteiger partial charge in [0.2, 0.25) is 0 Å². The van der Waals surface area contributed by atoms with Gasteiger partial charge in [0.05, 0.1) is 5.69 Å². The Morgan fingerprint density at radius 1 is 1.42 bits per heavy atom. The highest BCUT2D eigenvalue weighted by atomic mass is 16.5. The number of hydrogen-bond acceptors (Lipinski definition) is 2. The van der Waals surface area contributed by atoms with Crippen LogP contribution in [0.4, 0.5) is 10.5 Å². The Labute approximate surface area is 70.2 Å². The molecule has 0 aliphatic heterocycles. The third-order valence-electron chi connectivity index (χ3n) is 1.49. The Morgan fingerprint density at radius 3 is 2.33 bits per heavy atom. The van der Waals surface area contributed by atoms with Crippen molar-refractivity contribution < 1.29 is 10.0 Å². The molecule has 1 rings (SSSR count). The van der Waals surface area contributed by atoms with Crippen LogP contribution in [0.15, 0.2) is 24.3 Å². The molecule has 0 fully saturated rings. The molecular weight excluding hydrogens is 156 g/mol. The fraction of sp³-hybridized carbons (Fsp3) is 0.125. The molecule has 4 heteroatoms. The average Bonchev–Trinajstić information content (AvgIpc) is 2.04. The number of aryl methyl sites for hydroxylation is 1. The number of primary amides is 1. The first-order chi connectivity index (χ1) is 5.61. The Bertz CT molecular complexity index is 282. The maximum absolute atomic E-state index is 10.5. The number of amides is 2. The predicted molar refractivity (Wildman–Crippen MR) is 45.0 cm³/mol. The number of hydroxylamine groups is 1. The summed E-state index contributed by atoms with van der Waals surface area (Å²) >= 11 is 0. The second kappa shape index (κ2) is 3.23. The predicted octanol–water partition coefficient (Wildman–Crippen LogP) is 1.27. The van der Waals surface area contributed by atoms with E-state index in [1.807, 2.05) is 6.92 Å². The van der Waals surface area contributed by atoms with Crippen LogP contribution in [0.5, 0.6) is 0 Å². The first-order valence-electron chi connectivity index (χ1n) is 3.46. The van der Waals surface area contributed by atoms with E-state index in [0.717, 1.165) is 5.56 Å². The minimum absolute atomic E-state index is 0.369. The number of urea groups is 1. The molecule has 0 spiro atoms. The molecule has 0 radical (unpaired) electrons. The van der Waals surface area contributed by atoms with Gasteiger partial charge in [0.1, 0.15) is 0 Å². The third kappa shape index (κ3) is 1.73. The number of carbonyl (C=O) groups is 1. The fourth-order valence-corrected chi connectivity index (χ4v) is 0.813. The van der Waals surface area contributed by atoms with Crippen LogP contribution < -0.4 is 10.8 Å². The van der Waals surface area contributed by atoms with Crippen LogP contribution in [-0.4, -0.2) is 11.2 Å². The van der Waals surface area contributed by atoms with Gasteiger partial charge in [-0.3, -0.25) is 5.21 Å². The van der Waals surface area contributed by atoms with Gasteiger partial charge in [0.15, 0.2) is 0 Å². The Kier molecular flexibility index (Phi) is 2.30. The molecule has 0 saturated carbocycles. The van der Waals surface area contributed by atoms with E-state index in [9.17, 15) is 4.79 Å². The van der Waals surface area contributed by atoms with Crippen molar-refractivity contribution in [1.29, 1.82) is 0 Å². The number of rotatable bonds is 1. The van der Waals surface area contributed by atoms with Crippen molar-refractivity contribution in [3.05, 3.63) is 29.8 Å². The van der Waals surface area contributed by atoms with Crippen LogP contribution in [0.3, 0.4) is 0 Å². The van der Waals surface area contributed by atoms with Gasteiger partial charge in [-0.25, -0.2) is 4.79 Å². The number of anilines is 1. The van der Waals surface area contributed by atoms with Crippen LogP contribution in [-0.2, 0) is 0 Å². The first kappa shape index (κ1) is 8.55. The molecule has 0 aliphatic carbocycles. The molecule has 3 N–H and O–H groups in total. The minimum atomic E-state index is -0.890. The van der Waals surface area contributed by atoms with Crippen LogP contribution in [0.25, 0.3) is 0 Å². The summed E-state index contributed by atoms with van der Waals surface area (Å²) in [5.74, 6) is 0. The minimum Gasteiger partial charge on any atom is -0.349 e. The monoisotopic (exact) mass is 166 g/mol. The number of benzene rings is 1. The Balaban J connectivity index is 2.89. The van der Waals surface area contributed by atoms with Gasteiger partial charge in [0, 0.05) is 0 Å². The molecule has 0 bridgehead atoms. The maximum atomic E-state index is 10.5. The highest BCUT2D eigenvalue weighted by Crippen LogP contribution is 2.12. The van der Waals surface area contributed by atoms with E-state index in [4.69, 9.17) is 10.9 Å². The van der Waals surface area contributed by atoms with Crippen molar-refractivity contribution in [3.63, 3.8) is 0 Å². The SMILES string of the molecule is Cc1ccc(N(O)C(N)=O)cc1. The molecule has 0 atom stereocenters. The summed E-state index contributed by atoms with van der Waals surface area (Å²) < 4.78 is 0. The molecule has 4 nitrogen and oxygen atoms in total. The molecule has 12 heavy (non-hydrogen) atoms. The zero-order valence-corrected chi connectivity index (χ0v) is 6.69. The summed E-state index contributed by atoms with van der Waals surface area (Å²) in [5, 5.41) is 9.45. The van der Waals surface area contributed by atoms with Gasteiger partial charge in [-0.1, -0.05) is 17.7 Å². The van der Waals surface area contributed by atoms with Gasteiger partial charge in [-0.15, -0.1) is 0 Å². The van der Waals surface area contributed by atoms with E-state index in [0.29, 0.717) is 10.8 Å². The van der Waals surface area contributed by atoms with E-state index in [1.165, 1.54) is 0 Å². The van der Waals surface area contributed by atoms with Crippen LogP contribution in [0.2, 0.25) is 0 Å². The fourth-order valence-electron chi connectivity index (χ4n) is 0.813. The zero-order valence-electron chi connectivity index (χ0n) is 6.69. The first-order valence-corrected chi connectivity index (χ1v) is 3.46. The second-order valence-electron chi connectivity index (χ2n) is 2.49. The Morgan fingerprint density at radius 2 is 1.92 bits per heavy atom. The lowest BCUT2D eigenvalue weighted by Gasteiger charge is -2.11. The van der Waals surface area contributed by atoms with Crippen LogP contribution in [0, 0.1) is 6.92 Å². The molecule has 1 aromatic carbocycles. The molecule has 0 heterocycles. The summed E-state index contributed by atoms with van der Waals surface area (Å²) in [6.07, 6.45) is 0. The lowest BCUT2D eigenvalue weighted by molar-refractivity contribution is 0.212. The molecule has 0 unspecified atom stereocenters. The highest BCUT2D eigenvalue weighted by Gasteiger charge is 2.06. The lowest BCUT2D eigenvalue weighted by Crippen LogP contribution is -2.32. The molecule has 1 aromatic rings. The van der Waals surface area contributed by atoms with E-state index in [1.54, 1.807) is 24.3 Å². The second-order valence-corrected chi connectivity index (χ2v) is 2.49. The van der Waals surface area contributed by atoms with E-state index < -0.39 is 6.03 Å². The smallest absolute Gasteiger partial charge is 0.343 e. The lowest BCUT2D eigenvalue weighted by atomic mass is 10.2. The number of carbonyl (C=O) groups excluding carboxylic acids is 1. The maximum Gasteiger partial charge on any atom is 0.343 e. The summed E-state index contributed by atoms with van der Waals surface area (Å²) in [4.78, 5) is 10.5. The van der Waals surface area contributed by atoms with Gasteiger partial charge in [-0.05, 0) is 19.1 Å². The Hall–Kier alpha value is -1.55. The topological polar surface area (TPSA) is 66.6 Å². The van der Waals surface area contributed by atoms with Crippen molar-refractivity contribution in [2.24, 2.45) is 5.73 Å². The van der Waals surface area contributed by atoms with Crippen molar-refractivity contribution in [3.8, 4) is 0 Å². The van der Waals surface area contributed by atoms with Gasteiger partial charge < -0.3 is 5.73 Å². The molecular formula is C8H10N2O2. The number of hydrogen-bond donors (Lipinski definition) is 2. The van der Waals surface area contributed by atoms with Crippen LogP contribution >= 0.6 is 0 Å².